The lowest BCUT2D eigenvalue weighted by atomic mass is 10.4. The zero-order valence-electron chi connectivity index (χ0n) is 7.76. The first kappa shape index (κ1) is 13.7. The molecule has 0 radical (unpaired) electrons. The summed E-state index contributed by atoms with van der Waals surface area (Å²) in [7, 11) is -9.21. The third-order valence-electron chi connectivity index (χ3n) is 1.69. The van der Waals surface area contributed by atoms with Gasteiger partial charge in [-0.1, -0.05) is 0 Å². The smallest absolute Gasteiger partial charge is 0.235 e. The molecule has 0 N–H and O–H groups in total. The molecule has 1 aliphatic rings. The van der Waals surface area contributed by atoms with E-state index in [1.807, 2.05) is 0 Å². The Morgan fingerprint density at radius 3 is 1.75 bits per heavy atom. The van der Waals surface area contributed by atoms with Crippen molar-refractivity contribution in [3.05, 3.63) is 0 Å². The van der Waals surface area contributed by atoms with Crippen LogP contribution in [0.5, 0.6) is 0 Å². The van der Waals surface area contributed by atoms with Crippen molar-refractivity contribution in [2.75, 3.05) is 0 Å². The van der Waals surface area contributed by atoms with Crippen molar-refractivity contribution in [3.8, 4) is 0 Å². The van der Waals surface area contributed by atoms with E-state index in [2.05, 4.69) is 8.37 Å². The minimum absolute atomic E-state index is 0.745. The van der Waals surface area contributed by atoms with Crippen LogP contribution in [0.15, 0.2) is 0 Å². The lowest BCUT2D eigenvalue weighted by molar-refractivity contribution is -0.175. The van der Waals surface area contributed by atoms with Crippen molar-refractivity contribution in [1.82, 2.24) is 0 Å². The Kier molecular flexibility index (Phi) is 3.27. The molecule has 0 bridgehead atoms. The van der Waals surface area contributed by atoms with Gasteiger partial charge in [-0.15, -0.1) is 0 Å². The highest BCUT2D eigenvalue weighted by Crippen LogP contribution is 2.31. The van der Waals surface area contributed by atoms with Crippen LogP contribution in [0.1, 0.15) is 13.3 Å². The Labute approximate surface area is 89.6 Å². The van der Waals surface area contributed by atoms with Gasteiger partial charge in [0.25, 0.3) is 20.2 Å². The van der Waals surface area contributed by atoms with Gasteiger partial charge in [-0.2, -0.15) is 30.0 Å². The molecule has 1 heterocycles. The summed E-state index contributed by atoms with van der Waals surface area (Å²) in [6.45, 7) is 0.745. The minimum Gasteiger partial charge on any atom is -0.235 e. The van der Waals surface area contributed by atoms with Crippen molar-refractivity contribution >= 4 is 20.2 Å². The molecule has 0 spiro atoms. The van der Waals surface area contributed by atoms with E-state index >= 15 is 0 Å². The van der Waals surface area contributed by atoms with Crippen LogP contribution in [0, 0.1) is 0 Å². The first-order chi connectivity index (χ1) is 6.94. The molecule has 0 aromatic carbocycles. The number of halogens is 3. The van der Waals surface area contributed by atoms with E-state index in [-0.39, 0.29) is 0 Å². The molecular weight excluding hydrogens is 277 g/mol. The monoisotopic (exact) mass is 284 g/mol. The summed E-state index contributed by atoms with van der Waals surface area (Å²) in [5.74, 6) is 0. The third-order valence-corrected chi connectivity index (χ3v) is 5.70. The summed E-state index contributed by atoms with van der Waals surface area (Å²) >= 11 is 0. The van der Waals surface area contributed by atoms with E-state index in [0.717, 1.165) is 6.92 Å². The molecule has 0 aromatic heterocycles. The lowest BCUT2D eigenvalue weighted by Crippen LogP contribution is -2.43. The van der Waals surface area contributed by atoms with E-state index in [1.165, 1.54) is 0 Å². The van der Waals surface area contributed by atoms with Crippen LogP contribution < -0.4 is 0 Å². The van der Waals surface area contributed by atoms with Gasteiger partial charge in [0.15, 0.2) is 0 Å². The Bertz CT molecular complexity index is 427. The maximum Gasteiger partial charge on any atom is 0.394 e. The Hall–Kier alpha value is -0.390. The number of alkyl halides is 3. The van der Waals surface area contributed by atoms with Crippen LogP contribution in [-0.2, 0) is 28.6 Å². The number of hydrogen-bond donors (Lipinski definition) is 0. The molecule has 1 rings (SSSR count). The van der Waals surface area contributed by atoms with Crippen LogP contribution in [-0.4, -0.2) is 33.9 Å². The molecular formula is C5H7F3O6S2. The van der Waals surface area contributed by atoms with Crippen molar-refractivity contribution < 1.29 is 38.4 Å². The zero-order chi connectivity index (χ0) is 12.8. The van der Waals surface area contributed by atoms with Crippen LogP contribution in [0.25, 0.3) is 0 Å². The summed E-state index contributed by atoms with van der Waals surface area (Å²) < 4.78 is 85.7. The van der Waals surface area contributed by atoms with Crippen molar-refractivity contribution in [3.63, 3.8) is 0 Å². The fourth-order valence-electron chi connectivity index (χ4n) is 0.873. The molecule has 0 atom stereocenters. The fraction of sp³-hybridized carbons (Fsp3) is 1.00. The largest absolute Gasteiger partial charge is 0.394 e. The quantitative estimate of drug-likeness (QED) is 0.644. The van der Waals surface area contributed by atoms with Crippen molar-refractivity contribution in [2.24, 2.45) is 0 Å². The first-order valence-corrected chi connectivity index (χ1v) is 6.79. The van der Waals surface area contributed by atoms with Gasteiger partial charge in [-0.3, -0.25) is 0 Å². The van der Waals surface area contributed by atoms with E-state index in [1.54, 1.807) is 0 Å². The van der Waals surface area contributed by atoms with Crippen LogP contribution in [0.2, 0.25) is 0 Å². The van der Waals surface area contributed by atoms with Crippen molar-refractivity contribution in [2.45, 2.75) is 30.4 Å². The highest BCUT2D eigenvalue weighted by atomic mass is 32.3. The maximum atomic E-state index is 11.9. The van der Waals surface area contributed by atoms with Gasteiger partial charge in [-0.05, 0) is 6.92 Å². The molecule has 96 valence electrons. The number of hydrogen-bond acceptors (Lipinski definition) is 6. The summed E-state index contributed by atoms with van der Waals surface area (Å²) in [6, 6.07) is 0. The van der Waals surface area contributed by atoms with Gasteiger partial charge < -0.3 is 0 Å². The fourth-order valence-corrected chi connectivity index (χ4v) is 3.48. The zero-order valence-corrected chi connectivity index (χ0v) is 9.39. The molecule has 0 saturated carbocycles. The molecule has 0 aromatic rings. The predicted molar refractivity (Wildman–Crippen MR) is 43.9 cm³/mol. The maximum absolute atomic E-state index is 11.9. The molecule has 1 aliphatic heterocycles. The molecule has 1 fully saturated rings. The van der Waals surface area contributed by atoms with Gasteiger partial charge in [0.2, 0.25) is 10.9 Å². The molecule has 0 unspecified atom stereocenters. The summed E-state index contributed by atoms with van der Waals surface area (Å²) in [5.41, 5.74) is 0. The second-order valence-corrected chi connectivity index (χ2v) is 7.06. The van der Waals surface area contributed by atoms with E-state index in [0.29, 0.717) is 0 Å². The highest BCUT2D eigenvalue weighted by Gasteiger charge is 2.48. The average molecular weight is 284 g/mol. The predicted octanol–water partition coefficient (Wildman–Crippen LogP) is 0.317. The summed E-state index contributed by atoms with van der Waals surface area (Å²) in [5, 5.41) is 0. The normalized spacial score (nSPS) is 33.5. The minimum atomic E-state index is -4.80. The number of rotatable bonds is 1. The molecule has 11 heteroatoms. The topological polar surface area (TPSA) is 86.7 Å². The molecule has 16 heavy (non-hydrogen) atoms. The Morgan fingerprint density at radius 2 is 1.44 bits per heavy atom. The highest BCUT2D eigenvalue weighted by molar-refractivity contribution is 8.05. The summed E-state index contributed by atoms with van der Waals surface area (Å²) in [6.07, 6.45) is -9.00. The second kappa shape index (κ2) is 3.82. The molecule has 0 amide bonds. The second-order valence-electron chi connectivity index (χ2n) is 2.99. The van der Waals surface area contributed by atoms with Gasteiger partial charge in [0, 0.05) is 0 Å². The van der Waals surface area contributed by atoms with Gasteiger partial charge >= 0.3 is 6.18 Å². The standard InChI is InChI=1S/C5H7F3O6S2/c1-3-15(9,10)13-4(2-5(6,7)8)14-16(3,11)12/h3-4H,2H2,1H3. The van der Waals surface area contributed by atoms with Gasteiger partial charge in [-0.25, -0.2) is 8.37 Å². The van der Waals surface area contributed by atoms with Crippen LogP contribution in [0.3, 0.4) is 0 Å². The summed E-state index contributed by atoms with van der Waals surface area (Å²) in [4.78, 5) is 0. The van der Waals surface area contributed by atoms with Crippen molar-refractivity contribution in [1.29, 1.82) is 0 Å². The molecule has 6 nitrogen and oxygen atoms in total. The third kappa shape index (κ3) is 3.06. The van der Waals surface area contributed by atoms with E-state index < -0.39 is 43.7 Å². The van der Waals surface area contributed by atoms with Gasteiger partial charge in [0.1, 0.15) is 0 Å². The Morgan fingerprint density at radius 1 is 1.06 bits per heavy atom. The SMILES string of the molecule is CC1S(=O)(=O)OC(CC(F)(F)F)OS1(=O)=O. The van der Waals surface area contributed by atoms with Crippen LogP contribution in [0.4, 0.5) is 13.2 Å². The average Bonchev–Trinajstić information content (AvgIpc) is 1.95. The van der Waals surface area contributed by atoms with Gasteiger partial charge in [0.05, 0.1) is 6.42 Å². The van der Waals surface area contributed by atoms with Crippen LogP contribution >= 0.6 is 0 Å². The molecule has 1 saturated heterocycles. The Balaban J connectivity index is 2.97. The molecule has 0 aliphatic carbocycles. The first-order valence-electron chi connectivity index (χ1n) is 3.85. The van der Waals surface area contributed by atoms with E-state index in [4.69, 9.17) is 0 Å². The van der Waals surface area contributed by atoms with E-state index in [9.17, 15) is 30.0 Å². The lowest BCUT2D eigenvalue weighted by Gasteiger charge is -2.26.